The fourth-order valence-corrected chi connectivity index (χ4v) is 7.47. The molecule has 0 spiro atoms. The SMILES string of the molecule is CC/C=C\C/C=C\C/C=C\CCCCCCC(=O)OCC(COC(=O)CCCCCCCCCCCCCCCCCCCC)OC(=O)CCCCCC/C=C\C/C=C\C/C=C\CC. The molecule has 64 heavy (non-hydrogen) atoms. The molecule has 6 nitrogen and oxygen atoms in total. The van der Waals surface area contributed by atoms with Crippen molar-refractivity contribution in [2.75, 3.05) is 13.2 Å². The first-order valence-corrected chi connectivity index (χ1v) is 26.9. The molecule has 0 aliphatic heterocycles. The first-order valence-electron chi connectivity index (χ1n) is 26.9. The highest BCUT2D eigenvalue weighted by Crippen LogP contribution is 2.16. The van der Waals surface area contributed by atoms with Crippen LogP contribution in [0.4, 0.5) is 0 Å². The third-order valence-corrected chi connectivity index (χ3v) is 11.5. The molecule has 1 atom stereocenters. The lowest BCUT2D eigenvalue weighted by molar-refractivity contribution is -0.167. The smallest absolute Gasteiger partial charge is 0.306 e. The third kappa shape index (κ3) is 49.9. The number of carbonyl (C=O) groups is 3. The number of hydrogen-bond acceptors (Lipinski definition) is 6. The standard InChI is InChI=1S/C58H100O6/c1-4-7-10-13-16-19-22-25-28-29-30-31-34-36-39-42-45-48-51-57(60)63-54-55(64-58(61)52-49-46-43-40-37-33-27-24-21-18-15-12-9-6-3)53-62-56(59)50-47-44-41-38-35-32-26-23-20-17-14-11-8-5-2/h8-9,11-12,17-18,20-21,26-27,32-33,55H,4-7,10,13-16,19,22-25,28-31,34-54H2,1-3H3/b11-8-,12-9-,20-17-,21-18-,32-26-,33-27-. The van der Waals surface area contributed by atoms with E-state index in [0.29, 0.717) is 19.3 Å². The van der Waals surface area contributed by atoms with Gasteiger partial charge in [-0.1, -0.05) is 229 Å². The van der Waals surface area contributed by atoms with Crippen molar-refractivity contribution >= 4 is 17.9 Å². The van der Waals surface area contributed by atoms with Crippen molar-refractivity contribution in [1.29, 1.82) is 0 Å². The number of esters is 3. The summed E-state index contributed by atoms with van der Waals surface area (Å²) >= 11 is 0. The molecule has 6 heteroatoms. The fourth-order valence-electron chi connectivity index (χ4n) is 7.47. The predicted octanol–water partition coefficient (Wildman–Crippen LogP) is 17.8. The molecule has 0 rings (SSSR count). The van der Waals surface area contributed by atoms with E-state index in [1.807, 2.05) is 0 Å². The Morgan fingerprint density at radius 2 is 0.609 bits per heavy atom. The summed E-state index contributed by atoms with van der Waals surface area (Å²) in [5.41, 5.74) is 0. The molecule has 0 saturated carbocycles. The lowest BCUT2D eigenvalue weighted by atomic mass is 10.0. The number of hydrogen-bond donors (Lipinski definition) is 0. The van der Waals surface area contributed by atoms with Crippen molar-refractivity contribution in [3.05, 3.63) is 72.9 Å². The maximum atomic E-state index is 12.8. The van der Waals surface area contributed by atoms with Crippen molar-refractivity contribution < 1.29 is 28.6 Å². The Bertz CT molecular complexity index is 1210. The molecule has 0 amide bonds. The Morgan fingerprint density at radius 1 is 0.328 bits per heavy atom. The minimum absolute atomic E-state index is 0.0902. The molecule has 368 valence electrons. The molecule has 0 aromatic carbocycles. The van der Waals surface area contributed by atoms with E-state index in [-0.39, 0.29) is 31.1 Å². The van der Waals surface area contributed by atoms with E-state index in [4.69, 9.17) is 14.2 Å². The Balaban J connectivity index is 4.40. The molecule has 0 heterocycles. The van der Waals surface area contributed by atoms with Crippen LogP contribution in [-0.2, 0) is 28.6 Å². The highest BCUT2D eigenvalue weighted by Gasteiger charge is 2.19. The molecule has 0 radical (unpaired) electrons. The van der Waals surface area contributed by atoms with E-state index < -0.39 is 6.10 Å². The average Bonchev–Trinajstić information content (AvgIpc) is 3.29. The molecule has 0 aliphatic rings. The zero-order chi connectivity index (χ0) is 46.5. The van der Waals surface area contributed by atoms with E-state index in [9.17, 15) is 14.4 Å². The Morgan fingerprint density at radius 3 is 0.953 bits per heavy atom. The number of carbonyl (C=O) groups excluding carboxylic acids is 3. The maximum Gasteiger partial charge on any atom is 0.306 e. The number of allylic oxidation sites excluding steroid dienone is 12. The lowest BCUT2D eigenvalue weighted by Crippen LogP contribution is -2.30. The van der Waals surface area contributed by atoms with E-state index in [0.717, 1.165) is 122 Å². The van der Waals surface area contributed by atoms with Gasteiger partial charge in [0.15, 0.2) is 6.10 Å². The predicted molar refractivity (Wildman–Crippen MR) is 274 cm³/mol. The summed E-state index contributed by atoms with van der Waals surface area (Å²) in [6.45, 7) is 6.39. The minimum Gasteiger partial charge on any atom is -0.462 e. The summed E-state index contributed by atoms with van der Waals surface area (Å²) in [7, 11) is 0. The maximum absolute atomic E-state index is 12.8. The second-order valence-corrected chi connectivity index (χ2v) is 17.7. The summed E-state index contributed by atoms with van der Waals surface area (Å²) in [6.07, 6.45) is 66.1. The molecule has 1 unspecified atom stereocenters. The zero-order valence-electron chi connectivity index (χ0n) is 42.0. The summed E-state index contributed by atoms with van der Waals surface area (Å²) in [4.78, 5) is 38.0. The highest BCUT2D eigenvalue weighted by molar-refractivity contribution is 5.71. The molecule has 0 aliphatic carbocycles. The van der Waals surface area contributed by atoms with Gasteiger partial charge in [-0.3, -0.25) is 14.4 Å². The van der Waals surface area contributed by atoms with E-state index in [1.165, 1.54) is 96.3 Å². The Hall–Kier alpha value is -3.15. The monoisotopic (exact) mass is 893 g/mol. The summed E-state index contributed by atoms with van der Waals surface area (Å²) in [6, 6.07) is 0. The van der Waals surface area contributed by atoms with Gasteiger partial charge in [-0.25, -0.2) is 0 Å². The van der Waals surface area contributed by atoms with Gasteiger partial charge in [-0.2, -0.15) is 0 Å². The lowest BCUT2D eigenvalue weighted by Gasteiger charge is -2.18. The topological polar surface area (TPSA) is 78.9 Å². The van der Waals surface area contributed by atoms with Gasteiger partial charge in [-0.15, -0.1) is 0 Å². The van der Waals surface area contributed by atoms with Crippen LogP contribution in [0.5, 0.6) is 0 Å². The average molecular weight is 893 g/mol. The zero-order valence-corrected chi connectivity index (χ0v) is 42.0. The quantitative estimate of drug-likeness (QED) is 0.0262. The third-order valence-electron chi connectivity index (χ3n) is 11.5. The van der Waals surface area contributed by atoms with E-state index in [1.54, 1.807) is 0 Å². The van der Waals surface area contributed by atoms with Gasteiger partial charge in [0.2, 0.25) is 0 Å². The van der Waals surface area contributed by atoms with Crippen LogP contribution < -0.4 is 0 Å². The largest absolute Gasteiger partial charge is 0.462 e. The Kier molecular flexibility index (Phi) is 49.9. The molecular formula is C58H100O6. The normalized spacial score (nSPS) is 12.6. The highest BCUT2D eigenvalue weighted by atomic mass is 16.6. The van der Waals surface area contributed by atoms with Crippen LogP contribution in [0.15, 0.2) is 72.9 Å². The van der Waals surface area contributed by atoms with Gasteiger partial charge < -0.3 is 14.2 Å². The van der Waals surface area contributed by atoms with E-state index >= 15 is 0 Å². The van der Waals surface area contributed by atoms with Gasteiger partial charge in [-0.05, 0) is 83.5 Å². The van der Waals surface area contributed by atoms with Crippen molar-refractivity contribution in [2.24, 2.45) is 0 Å². The van der Waals surface area contributed by atoms with Gasteiger partial charge in [0.05, 0.1) is 0 Å². The molecular weight excluding hydrogens is 793 g/mol. The van der Waals surface area contributed by atoms with Crippen LogP contribution in [0.1, 0.15) is 258 Å². The van der Waals surface area contributed by atoms with Crippen LogP contribution in [0.25, 0.3) is 0 Å². The molecule has 0 saturated heterocycles. The second-order valence-electron chi connectivity index (χ2n) is 17.7. The molecule has 0 fully saturated rings. The van der Waals surface area contributed by atoms with Crippen molar-refractivity contribution in [3.63, 3.8) is 0 Å². The molecule has 0 N–H and O–H groups in total. The van der Waals surface area contributed by atoms with Crippen molar-refractivity contribution in [3.8, 4) is 0 Å². The summed E-state index contributed by atoms with van der Waals surface area (Å²) in [5.74, 6) is -0.930. The van der Waals surface area contributed by atoms with Crippen LogP contribution >= 0.6 is 0 Å². The van der Waals surface area contributed by atoms with Gasteiger partial charge in [0.25, 0.3) is 0 Å². The number of rotatable bonds is 48. The van der Waals surface area contributed by atoms with Gasteiger partial charge in [0, 0.05) is 19.3 Å². The van der Waals surface area contributed by atoms with Crippen LogP contribution in [0, 0.1) is 0 Å². The van der Waals surface area contributed by atoms with Crippen LogP contribution in [0.2, 0.25) is 0 Å². The molecule has 0 aromatic rings. The fraction of sp³-hybridized carbons (Fsp3) is 0.741. The molecule has 0 bridgehead atoms. The first kappa shape index (κ1) is 60.9. The van der Waals surface area contributed by atoms with Gasteiger partial charge >= 0.3 is 17.9 Å². The van der Waals surface area contributed by atoms with Crippen LogP contribution in [-0.4, -0.2) is 37.2 Å². The van der Waals surface area contributed by atoms with Crippen LogP contribution in [0.3, 0.4) is 0 Å². The summed E-state index contributed by atoms with van der Waals surface area (Å²) in [5, 5.41) is 0. The number of ether oxygens (including phenoxy) is 3. The Labute approximate surface area is 395 Å². The van der Waals surface area contributed by atoms with E-state index in [2.05, 4.69) is 93.7 Å². The summed E-state index contributed by atoms with van der Waals surface area (Å²) < 4.78 is 16.8. The number of unbranched alkanes of at least 4 members (excludes halogenated alkanes) is 25. The van der Waals surface area contributed by atoms with Gasteiger partial charge in [0.1, 0.15) is 13.2 Å². The first-order chi connectivity index (χ1) is 31.5. The second kappa shape index (κ2) is 52.5. The minimum atomic E-state index is -0.794. The molecule has 0 aromatic heterocycles. The van der Waals surface area contributed by atoms with Crippen molar-refractivity contribution in [2.45, 2.75) is 264 Å². The van der Waals surface area contributed by atoms with Crippen molar-refractivity contribution in [1.82, 2.24) is 0 Å².